The molecule has 28 heavy (non-hydrogen) atoms. The molecule has 2 heterocycles. The van der Waals surface area contributed by atoms with Crippen molar-refractivity contribution in [1.29, 1.82) is 0 Å². The van der Waals surface area contributed by atoms with Crippen LogP contribution in [-0.4, -0.2) is 42.2 Å². The molecule has 1 aromatic carbocycles. The van der Waals surface area contributed by atoms with Gasteiger partial charge in [0, 0.05) is 24.0 Å². The van der Waals surface area contributed by atoms with E-state index in [1.54, 1.807) is 0 Å². The first kappa shape index (κ1) is 18.2. The van der Waals surface area contributed by atoms with Gasteiger partial charge in [0.1, 0.15) is 11.6 Å². The van der Waals surface area contributed by atoms with Crippen LogP contribution in [0, 0.1) is 6.92 Å². The normalized spacial score (nSPS) is 19.8. The van der Waals surface area contributed by atoms with Crippen LogP contribution < -0.4 is 10.1 Å². The Morgan fingerprint density at radius 3 is 2.64 bits per heavy atom. The Morgan fingerprint density at radius 1 is 1.07 bits per heavy atom. The number of fused-ring (bicyclic) bond motifs is 3. The van der Waals surface area contributed by atoms with Crippen molar-refractivity contribution >= 4 is 16.7 Å². The van der Waals surface area contributed by atoms with Crippen LogP contribution in [0.3, 0.4) is 0 Å². The Balaban J connectivity index is 1.37. The van der Waals surface area contributed by atoms with Crippen molar-refractivity contribution in [1.82, 2.24) is 9.88 Å². The molecule has 0 bridgehead atoms. The summed E-state index contributed by atoms with van der Waals surface area (Å²) in [5, 5.41) is 5.04. The number of aryl methyl sites for hydroxylation is 2. The largest absolute Gasteiger partial charge is 0.493 e. The highest BCUT2D eigenvalue weighted by atomic mass is 16.5. The minimum absolute atomic E-state index is 0.641. The smallest absolute Gasteiger partial charge is 0.130 e. The van der Waals surface area contributed by atoms with Gasteiger partial charge in [-0.25, -0.2) is 4.98 Å². The average Bonchev–Trinajstić information content (AvgIpc) is 3.37. The van der Waals surface area contributed by atoms with Gasteiger partial charge in [0.25, 0.3) is 0 Å². The molecule has 1 saturated carbocycles. The van der Waals surface area contributed by atoms with Crippen LogP contribution in [0.5, 0.6) is 5.75 Å². The molecule has 0 radical (unpaired) electrons. The minimum Gasteiger partial charge on any atom is -0.493 e. The number of ether oxygens (including phenoxy) is 1. The molecule has 2 aliphatic carbocycles. The first-order valence-electron chi connectivity index (χ1n) is 11.4. The number of pyridine rings is 1. The summed E-state index contributed by atoms with van der Waals surface area (Å²) in [5.74, 6) is 2.16. The fourth-order valence-electron chi connectivity index (χ4n) is 4.84. The molecule has 0 unspecified atom stereocenters. The molecule has 0 atom stereocenters. The van der Waals surface area contributed by atoms with Crippen LogP contribution in [0.1, 0.15) is 61.6 Å². The van der Waals surface area contributed by atoms with Crippen LogP contribution in [0.25, 0.3) is 10.9 Å². The van der Waals surface area contributed by atoms with Crippen molar-refractivity contribution < 1.29 is 4.74 Å². The molecular weight excluding hydrogens is 346 g/mol. The van der Waals surface area contributed by atoms with Gasteiger partial charge in [-0.2, -0.15) is 0 Å². The Morgan fingerprint density at radius 2 is 1.86 bits per heavy atom. The summed E-state index contributed by atoms with van der Waals surface area (Å²) in [6, 6.07) is 5.15. The van der Waals surface area contributed by atoms with Crippen LogP contribution in [0.2, 0.25) is 0 Å². The Labute approximate surface area is 168 Å². The van der Waals surface area contributed by atoms with E-state index in [0.29, 0.717) is 6.04 Å². The standard InChI is InChI=1S/C24H33N3O/c1-17-15-21-19-7-2-3-8-20(19)24(25-18-9-10-18)26-22(21)16-23(17)28-14-6-13-27-11-4-5-12-27/h15-16,18H,2-14H2,1H3,(H,25,26). The van der Waals surface area contributed by atoms with E-state index in [9.17, 15) is 0 Å². The summed E-state index contributed by atoms with van der Waals surface area (Å²) in [7, 11) is 0. The lowest BCUT2D eigenvalue weighted by atomic mass is 9.88. The van der Waals surface area contributed by atoms with Gasteiger partial charge in [0.15, 0.2) is 0 Å². The third-order valence-corrected chi connectivity index (χ3v) is 6.60. The average molecular weight is 380 g/mol. The Kier molecular flexibility index (Phi) is 5.15. The summed E-state index contributed by atoms with van der Waals surface area (Å²) in [4.78, 5) is 7.62. The van der Waals surface area contributed by atoms with Gasteiger partial charge in [-0.3, -0.25) is 0 Å². The van der Waals surface area contributed by atoms with E-state index in [2.05, 4.69) is 29.3 Å². The lowest BCUT2D eigenvalue weighted by Gasteiger charge is -2.22. The predicted molar refractivity (Wildman–Crippen MR) is 116 cm³/mol. The number of nitrogens with one attached hydrogen (secondary N) is 1. The fraction of sp³-hybridized carbons (Fsp3) is 0.625. The maximum Gasteiger partial charge on any atom is 0.130 e. The zero-order valence-electron chi connectivity index (χ0n) is 17.2. The maximum absolute atomic E-state index is 6.20. The van der Waals surface area contributed by atoms with Crippen LogP contribution in [-0.2, 0) is 12.8 Å². The number of hydrogen-bond acceptors (Lipinski definition) is 4. The van der Waals surface area contributed by atoms with E-state index in [4.69, 9.17) is 9.72 Å². The zero-order valence-corrected chi connectivity index (χ0v) is 17.2. The van der Waals surface area contributed by atoms with Crippen molar-refractivity contribution in [3.8, 4) is 5.75 Å². The number of aromatic nitrogens is 1. The van der Waals surface area contributed by atoms with Crippen LogP contribution in [0.4, 0.5) is 5.82 Å². The van der Waals surface area contributed by atoms with Crippen molar-refractivity contribution in [3.63, 3.8) is 0 Å². The second kappa shape index (κ2) is 7.90. The summed E-state index contributed by atoms with van der Waals surface area (Å²) in [6.45, 7) is 6.66. The van der Waals surface area contributed by atoms with Gasteiger partial charge in [-0.1, -0.05) is 0 Å². The molecule has 1 aromatic heterocycles. The van der Waals surface area contributed by atoms with E-state index >= 15 is 0 Å². The fourth-order valence-corrected chi connectivity index (χ4v) is 4.84. The van der Waals surface area contributed by atoms with E-state index in [0.717, 1.165) is 36.7 Å². The molecule has 2 aromatic rings. The monoisotopic (exact) mass is 379 g/mol. The number of rotatable bonds is 7. The van der Waals surface area contributed by atoms with E-state index < -0.39 is 0 Å². The lowest BCUT2D eigenvalue weighted by molar-refractivity contribution is 0.262. The molecule has 3 aliphatic rings. The highest BCUT2D eigenvalue weighted by Gasteiger charge is 2.25. The number of hydrogen-bond donors (Lipinski definition) is 1. The maximum atomic E-state index is 6.20. The van der Waals surface area contributed by atoms with Gasteiger partial charge < -0.3 is 15.0 Å². The summed E-state index contributed by atoms with van der Waals surface area (Å²) in [5.41, 5.74) is 5.35. The molecular formula is C24H33N3O. The number of benzene rings is 1. The number of likely N-dealkylation sites (tertiary alicyclic amines) is 1. The van der Waals surface area contributed by atoms with Crippen LogP contribution in [0.15, 0.2) is 12.1 Å². The summed E-state index contributed by atoms with van der Waals surface area (Å²) >= 11 is 0. The number of anilines is 1. The van der Waals surface area contributed by atoms with E-state index in [1.807, 2.05) is 0 Å². The van der Waals surface area contributed by atoms with Gasteiger partial charge in [-0.15, -0.1) is 0 Å². The highest BCUT2D eigenvalue weighted by molar-refractivity contribution is 5.88. The quantitative estimate of drug-likeness (QED) is 0.697. The van der Waals surface area contributed by atoms with Crippen molar-refractivity contribution in [2.45, 2.75) is 70.8 Å². The van der Waals surface area contributed by atoms with E-state index in [1.165, 1.54) is 86.5 Å². The van der Waals surface area contributed by atoms with Crippen molar-refractivity contribution in [3.05, 3.63) is 28.8 Å². The molecule has 1 N–H and O–H groups in total. The first-order chi connectivity index (χ1) is 13.8. The highest BCUT2D eigenvalue weighted by Crippen LogP contribution is 2.37. The van der Waals surface area contributed by atoms with Crippen molar-refractivity contribution in [2.75, 3.05) is 31.6 Å². The molecule has 1 saturated heterocycles. The minimum atomic E-state index is 0.641. The molecule has 150 valence electrons. The SMILES string of the molecule is Cc1cc2c3c(c(NC4CC4)nc2cc1OCCCN1CCCC1)CCCC3. The van der Waals surface area contributed by atoms with Crippen LogP contribution >= 0.6 is 0 Å². The number of nitrogens with zero attached hydrogens (tertiary/aromatic N) is 2. The molecule has 1 aliphatic heterocycles. The topological polar surface area (TPSA) is 37.4 Å². The Bertz CT molecular complexity index is 853. The molecule has 0 spiro atoms. The predicted octanol–water partition coefficient (Wildman–Crippen LogP) is 4.86. The van der Waals surface area contributed by atoms with Gasteiger partial charge >= 0.3 is 0 Å². The third-order valence-electron chi connectivity index (χ3n) is 6.60. The first-order valence-corrected chi connectivity index (χ1v) is 11.4. The van der Waals surface area contributed by atoms with Crippen molar-refractivity contribution in [2.24, 2.45) is 0 Å². The summed E-state index contributed by atoms with van der Waals surface area (Å²) in [6.07, 6.45) is 11.3. The zero-order chi connectivity index (χ0) is 18.9. The summed E-state index contributed by atoms with van der Waals surface area (Å²) < 4.78 is 6.20. The third kappa shape index (κ3) is 3.84. The van der Waals surface area contributed by atoms with Gasteiger partial charge in [0.2, 0.25) is 0 Å². The Hall–Kier alpha value is -1.81. The lowest BCUT2D eigenvalue weighted by Crippen LogP contribution is -2.22. The molecule has 0 amide bonds. The second-order valence-electron chi connectivity index (χ2n) is 8.93. The van der Waals surface area contributed by atoms with Gasteiger partial charge in [0.05, 0.1) is 12.1 Å². The second-order valence-corrected chi connectivity index (χ2v) is 8.93. The molecule has 5 rings (SSSR count). The molecule has 4 heteroatoms. The molecule has 4 nitrogen and oxygen atoms in total. The van der Waals surface area contributed by atoms with Gasteiger partial charge in [-0.05, 0) is 101 Å². The molecule has 2 fully saturated rings. The van der Waals surface area contributed by atoms with E-state index in [-0.39, 0.29) is 0 Å².